The average molecular weight is 459 g/mol. The third kappa shape index (κ3) is 2.19. The molecular formula is C26H19ClN2O4. The van der Waals surface area contributed by atoms with Crippen LogP contribution < -0.4 is 4.90 Å². The minimum atomic E-state index is -0.699. The predicted octanol–water partition coefficient (Wildman–Crippen LogP) is 4.99. The van der Waals surface area contributed by atoms with Gasteiger partial charge in [-0.05, 0) is 34.4 Å². The highest BCUT2D eigenvalue weighted by Gasteiger charge is 2.70. The van der Waals surface area contributed by atoms with Crippen LogP contribution in [0.1, 0.15) is 36.1 Å². The fourth-order valence-electron chi connectivity index (χ4n) is 6.61. The number of imide groups is 1. The number of hydrogen-bond acceptors (Lipinski definition) is 4. The van der Waals surface area contributed by atoms with Crippen molar-refractivity contribution in [1.29, 1.82) is 0 Å². The Morgan fingerprint density at radius 1 is 0.818 bits per heavy atom. The van der Waals surface area contributed by atoms with Crippen LogP contribution in [-0.4, -0.2) is 16.7 Å². The summed E-state index contributed by atoms with van der Waals surface area (Å²) in [6, 6.07) is 20.1. The van der Waals surface area contributed by atoms with E-state index in [0.717, 1.165) is 27.2 Å². The highest BCUT2D eigenvalue weighted by atomic mass is 35.5. The Hall–Kier alpha value is -3.51. The number of halogens is 1. The molecule has 6 nitrogen and oxygen atoms in total. The van der Waals surface area contributed by atoms with Crippen LogP contribution in [-0.2, 0) is 20.4 Å². The lowest BCUT2D eigenvalue weighted by Gasteiger charge is -2.57. The molecule has 2 bridgehead atoms. The summed E-state index contributed by atoms with van der Waals surface area (Å²) in [5.74, 6) is -1.90. The van der Waals surface area contributed by atoms with Crippen molar-refractivity contribution in [2.45, 2.75) is 24.7 Å². The van der Waals surface area contributed by atoms with Crippen LogP contribution in [0.4, 0.5) is 11.4 Å². The Morgan fingerprint density at radius 3 is 1.64 bits per heavy atom. The van der Waals surface area contributed by atoms with Gasteiger partial charge in [-0.3, -0.25) is 19.7 Å². The van der Waals surface area contributed by atoms with Crippen LogP contribution in [0.3, 0.4) is 0 Å². The van der Waals surface area contributed by atoms with E-state index in [-0.39, 0.29) is 28.2 Å². The third-order valence-electron chi connectivity index (χ3n) is 8.03. The summed E-state index contributed by atoms with van der Waals surface area (Å²) in [6.45, 7) is 4.08. The van der Waals surface area contributed by atoms with E-state index in [0.29, 0.717) is 0 Å². The topological polar surface area (TPSA) is 80.5 Å². The summed E-state index contributed by atoms with van der Waals surface area (Å²) < 4.78 is 0. The SMILES string of the molecule is CC12c3ccccc3C(C)(c3ccccc31)[C@H]1C(=O)N(c3ccc(Cl)c([N+](=O)[O-])c3)C(=O)[C@H]12. The van der Waals surface area contributed by atoms with Crippen molar-refractivity contribution in [3.63, 3.8) is 0 Å². The second-order valence-corrected chi connectivity index (χ2v) is 9.76. The van der Waals surface area contributed by atoms with Crippen molar-refractivity contribution in [1.82, 2.24) is 0 Å². The highest BCUT2D eigenvalue weighted by molar-refractivity contribution is 6.33. The molecular weight excluding hydrogens is 440 g/mol. The van der Waals surface area contributed by atoms with Gasteiger partial charge in [-0.1, -0.05) is 74.0 Å². The second-order valence-electron chi connectivity index (χ2n) is 9.36. The van der Waals surface area contributed by atoms with Crippen molar-refractivity contribution >= 4 is 34.8 Å². The molecule has 1 fully saturated rings. The van der Waals surface area contributed by atoms with E-state index >= 15 is 0 Å². The fraction of sp³-hybridized carbons (Fsp3) is 0.231. The van der Waals surface area contributed by atoms with Gasteiger partial charge < -0.3 is 0 Å². The zero-order valence-electron chi connectivity index (χ0n) is 17.9. The molecule has 1 aliphatic heterocycles. The molecule has 4 aliphatic rings. The Balaban J connectivity index is 1.62. The molecule has 3 aliphatic carbocycles. The van der Waals surface area contributed by atoms with Gasteiger partial charge in [0.25, 0.3) is 5.69 Å². The summed E-state index contributed by atoms with van der Waals surface area (Å²) in [5, 5.41) is 11.4. The molecule has 3 aromatic carbocycles. The van der Waals surface area contributed by atoms with E-state index in [9.17, 15) is 19.7 Å². The molecule has 1 saturated heterocycles. The quantitative estimate of drug-likeness (QED) is 0.307. The van der Waals surface area contributed by atoms with E-state index in [1.54, 1.807) is 0 Å². The molecule has 0 unspecified atom stereocenters. The van der Waals surface area contributed by atoms with Crippen LogP contribution in [0.15, 0.2) is 66.7 Å². The Bertz CT molecular complexity index is 1290. The average Bonchev–Trinajstić information content (AvgIpc) is 3.09. The van der Waals surface area contributed by atoms with Gasteiger partial charge in [0.1, 0.15) is 5.02 Å². The molecule has 164 valence electrons. The van der Waals surface area contributed by atoms with E-state index in [2.05, 4.69) is 0 Å². The van der Waals surface area contributed by atoms with Gasteiger partial charge in [0.2, 0.25) is 11.8 Å². The van der Waals surface area contributed by atoms with Crippen molar-refractivity contribution in [3.8, 4) is 0 Å². The molecule has 1 heterocycles. The second kappa shape index (κ2) is 6.29. The van der Waals surface area contributed by atoms with E-state index < -0.39 is 27.6 Å². The monoisotopic (exact) mass is 458 g/mol. The van der Waals surface area contributed by atoms with Gasteiger partial charge in [-0.15, -0.1) is 0 Å². The van der Waals surface area contributed by atoms with Crippen molar-refractivity contribution in [2.24, 2.45) is 11.8 Å². The number of benzene rings is 3. The summed E-state index contributed by atoms with van der Waals surface area (Å²) in [4.78, 5) is 39.9. The van der Waals surface area contributed by atoms with Crippen LogP contribution in [0.25, 0.3) is 0 Å². The van der Waals surface area contributed by atoms with E-state index in [4.69, 9.17) is 11.6 Å². The lowest BCUT2D eigenvalue weighted by Crippen LogP contribution is -2.59. The van der Waals surface area contributed by atoms with Crippen LogP contribution in [0.2, 0.25) is 5.02 Å². The number of carbonyl (C=O) groups is 2. The lowest BCUT2D eigenvalue weighted by atomic mass is 9.42. The minimum Gasteiger partial charge on any atom is -0.274 e. The maximum absolute atomic E-state index is 14.0. The number of nitro groups is 1. The van der Waals surface area contributed by atoms with Crippen molar-refractivity contribution in [3.05, 3.63) is 104 Å². The van der Waals surface area contributed by atoms with E-state index in [1.807, 2.05) is 62.4 Å². The number of nitro benzene ring substituents is 1. The predicted molar refractivity (Wildman–Crippen MR) is 123 cm³/mol. The van der Waals surface area contributed by atoms with Crippen LogP contribution in [0.5, 0.6) is 0 Å². The zero-order chi connectivity index (χ0) is 23.3. The minimum absolute atomic E-state index is 0.0425. The van der Waals surface area contributed by atoms with E-state index in [1.165, 1.54) is 18.2 Å². The van der Waals surface area contributed by atoms with Crippen molar-refractivity contribution < 1.29 is 14.5 Å². The third-order valence-corrected chi connectivity index (χ3v) is 8.35. The molecule has 7 heteroatoms. The first-order chi connectivity index (χ1) is 15.7. The van der Waals surface area contributed by atoms with Crippen molar-refractivity contribution in [2.75, 3.05) is 4.90 Å². The van der Waals surface area contributed by atoms with Gasteiger partial charge in [0.15, 0.2) is 0 Å². The largest absolute Gasteiger partial charge is 0.289 e. The number of anilines is 1. The summed E-state index contributed by atoms with van der Waals surface area (Å²) in [5.41, 5.74) is 2.65. The molecule has 3 aromatic rings. The maximum atomic E-state index is 14.0. The summed E-state index contributed by atoms with van der Waals surface area (Å²) in [7, 11) is 0. The normalized spacial score (nSPS) is 29.0. The van der Waals surface area contributed by atoms with Gasteiger partial charge >= 0.3 is 0 Å². The van der Waals surface area contributed by atoms with Gasteiger partial charge in [0.05, 0.1) is 22.4 Å². The number of hydrogen-bond donors (Lipinski definition) is 0. The Labute approximate surface area is 194 Å². The van der Waals surface area contributed by atoms with Crippen LogP contribution in [0, 0.1) is 22.0 Å². The summed E-state index contributed by atoms with van der Waals surface area (Å²) in [6.07, 6.45) is 0. The molecule has 2 amide bonds. The summed E-state index contributed by atoms with van der Waals surface area (Å²) >= 11 is 5.98. The molecule has 0 N–H and O–H groups in total. The first-order valence-electron chi connectivity index (χ1n) is 10.7. The Kier molecular flexibility index (Phi) is 3.84. The molecule has 0 spiro atoms. The maximum Gasteiger partial charge on any atom is 0.289 e. The zero-order valence-corrected chi connectivity index (χ0v) is 18.7. The molecule has 0 saturated carbocycles. The molecule has 2 atom stereocenters. The fourth-order valence-corrected chi connectivity index (χ4v) is 6.79. The number of nitrogens with zero attached hydrogens (tertiary/aromatic N) is 2. The molecule has 7 rings (SSSR count). The highest BCUT2D eigenvalue weighted by Crippen LogP contribution is 2.66. The number of rotatable bonds is 2. The van der Waals surface area contributed by atoms with Gasteiger partial charge in [-0.2, -0.15) is 0 Å². The number of amides is 2. The first kappa shape index (κ1) is 20.1. The smallest absolute Gasteiger partial charge is 0.274 e. The number of carbonyl (C=O) groups excluding carboxylic acids is 2. The first-order valence-corrected chi connectivity index (χ1v) is 11.1. The molecule has 0 radical (unpaired) electrons. The lowest BCUT2D eigenvalue weighted by molar-refractivity contribution is -0.384. The molecule has 33 heavy (non-hydrogen) atoms. The van der Waals surface area contributed by atoms with Gasteiger partial charge in [-0.25, -0.2) is 4.90 Å². The standard InChI is InChI=1S/C26H19ClN2O4/c1-25-15-7-3-5-9-17(15)26(2,18-10-6-4-8-16(18)25)22-21(25)23(30)28(24(22)31)14-11-12-19(27)20(13-14)29(32)33/h3-13,21-22H,1-2H3/t21-,22+,25?,26?. The van der Waals surface area contributed by atoms with Crippen LogP contribution >= 0.6 is 11.6 Å². The van der Waals surface area contributed by atoms with Gasteiger partial charge in [0, 0.05) is 16.9 Å². The Morgan fingerprint density at radius 2 is 1.24 bits per heavy atom. The molecule has 0 aromatic heterocycles.